The third-order valence-corrected chi connectivity index (χ3v) is 2.29. The molecular weight excluding hydrogens is 398 g/mol. The molecule has 0 unspecified atom stereocenters. The van der Waals surface area contributed by atoms with Crippen molar-refractivity contribution < 1.29 is 76.1 Å². The molecule has 0 aliphatic carbocycles. The molecule has 2 aromatic carbocycles. The molecule has 0 saturated heterocycles. The van der Waals surface area contributed by atoms with E-state index in [-0.39, 0.29) is 71.3 Å². The van der Waals surface area contributed by atoms with Gasteiger partial charge in [-0.2, -0.15) is 0 Å². The summed E-state index contributed by atoms with van der Waals surface area (Å²) < 4.78 is 4.83. The standard InChI is InChI=1S/C12H10.C4H10O.4ClH.Ti/c1-3-7-11(8-4-1)12-9-5-2-6-10-12;1-3-5-4-2;;;;;/h1-10H;3-4H2,1-2H3;4*1H;/q;;;;;;+4/p-4. The molecule has 1 nitrogen and oxygen atoms in total. The van der Waals surface area contributed by atoms with Gasteiger partial charge in [-0.05, 0) is 25.0 Å². The second-order valence-corrected chi connectivity index (χ2v) is 3.51. The van der Waals surface area contributed by atoms with Crippen LogP contribution in [0.2, 0.25) is 0 Å². The number of halogens is 4. The van der Waals surface area contributed by atoms with E-state index in [4.69, 9.17) is 4.74 Å². The number of hydrogen-bond donors (Lipinski definition) is 0. The van der Waals surface area contributed by atoms with E-state index in [0.717, 1.165) is 13.2 Å². The predicted octanol–water partition coefficient (Wildman–Crippen LogP) is -7.59. The molecule has 0 N–H and O–H groups in total. The van der Waals surface area contributed by atoms with E-state index in [0.29, 0.717) is 0 Å². The molecule has 0 aliphatic rings. The molecule has 122 valence electrons. The van der Waals surface area contributed by atoms with Gasteiger partial charge in [0.2, 0.25) is 0 Å². The van der Waals surface area contributed by atoms with Crippen LogP contribution in [-0.4, -0.2) is 13.2 Å². The van der Waals surface area contributed by atoms with Gasteiger partial charge in [0.15, 0.2) is 0 Å². The SMILES string of the molecule is CCOCC.[Cl-].[Cl-].[Cl-].[Cl-].[Ti+4].c1ccc(-c2ccccc2)cc1. The number of hydrogen-bond acceptors (Lipinski definition) is 1. The molecule has 0 heterocycles. The van der Waals surface area contributed by atoms with Crippen molar-refractivity contribution in [1.82, 2.24) is 0 Å². The Bertz CT molecular complexity index is 362. The van der Waals surface area contributed by atoms with Crippen molar-refractivity contribution in [3.05, 3.63) is 60.7 Å². The third-order valence-electron chi connectivity index (χ3n) is 2.29. The van der Waals surface area contributed by atoms with Crippen molar-refractivity contribution in [1.29, 1.82) is 0 Å². The first kappa shape index (κ1) is 33.8. The van der Waals surface area contributed by atoms with E-state index in [1.54, 1.807) is 0 Å². The van der Waals surface area contributed by atoms with Crippen LogP contribution in [0.4, 0.5) is 0 Å². The second-order valence-electron chi connectivity index (χ2n) is 3.51. The fraction of sp³-hybridized carbons (Fsp3) is 0.250. The van der Waals surface area contributed by atoms with E-state index in [1.807, 2.05) is 26.0 Å². The fourth-order valence-electron chi connectivity index (χ4n) is 1.47. The molecule has 0 aromatic heterocycles. The molecule has 0 amide bonds. The van der Waals surface area contributed by atoms with Crippen molar-refractivity contribution in [2.24, 2.45) is 0 Å². The molecule has 2 rings (SSSR count). The van der Waals surface area contributed by atoms with Gasteiger partial charge < -0.3 is 54.4 Å². The minimum atomic E-state index is 0. The van der Waals surface area contributed by atoms with Crippen molar-refractivity contribution in [2.45, 2.75) is 13.8 Å². The molecule has 22 heavy (non-hydrogen) atoms. The average Bonchev–Trinajstić information content (AvgIpc) is 2.42. The van der Waals surface area contributed by atoms with Gasteiger partial charge in [-0.3, -0.25) is 0 Å². The largest absolute Gasteiger partial charge is 4.00 e. The Morgan fingerprint density at radius 1 is 0.591 bits per heavy atom. The average molecular weight is 418 g/mol. The van der Waals surface area contributed by atoms with E-state index in [2.05, 4.69) is 48.5 Å². The van der Waals surface area contributed by atoms with Crippen LogP contribution in [0, 0.1) is 0 Å². The summed E-state index contributed by atoms with van der Waals surface area (Å²) in [6, 6.07) is 20.8. The maximum Gasteiger partial charge on any atom is 4.00 e. The van der Waals surface area contributed by atoms with Gasteiger partial charge in [0, 0.05) is 13.2 Å². The van der Waals surface area contributed by atoms with Crippen molar-refractivity contribution in [3.8, 4) is 11.1 Å². The smallest absolute Gasteiger partial charge is 1.00 e. The van der Waals surface area contributed by atoms with Gasteiger partial charge in [-0.25, -0.2) is 0 Å². The second kappa shape index (κ2) is 23.5. The van der Waals surface area contributed by atoms with Crippen molar-refractivity contribution in [2.75, 3.05) is 13.2 Å². The van der Waals surface area contributed by atoms with Gasteiger partial charge in [-0.15, -0.1) is 0 Å². The first-order valence-electron chi connectivity index (χ1n) is 6.06. The maximum absolute atomic E-state index is 4.83. The molecule has 0 radical (unpaired) electrons. The summed E-state index contributed by atoms with van der Waals surface area (Å²) in [5.41, 5.74) is 2.55. The van der Waals surface area contributed by atoms with Crippen LogP contribution in [0.3, 0.4) is 0 Å². The Morgan fingerprint density at radius 2 is 0.864 bits per heavy atom. The molecule has 0 saturated carbocycles. The Balaban J connectivity index is -0.0000000870. The van der Waals surface area contributed by atoms with Crippen LogP contribution in [0.15, 0.2) is 60.7 Å². The first-order valence-corrected chi connectivity index (χ1v) is 6.06. The number of benzene rings is 2. The summed E-state index contributed by atoms with van der Waals surface area (Å²) in [6.07, 6.45) is 0. The number of ether oxygens (including phenoxy) is 1. The van der Waals surface area contributed by atoms with Crippen LogP contribution in [0.5, 0.6) is 0 Å². The van der Waals surface area contributed by atoms with Gasteiger partial charge in [0.05, 0.1) is 0 Å². The van der Waals surface area contributed by atoms with E-state index in [9.17, 15) is 0 Å². The Labute approximate surface area is 174 Å². The minimum absolute atomic E-state index is 0. The van der Waals surface area contributed by atoms with Gasteiger partial charge in [-0.1, -0.05) is 60.7 Å². The zero-order valence-electron chi connectivity index (χ0n) is 12.6. The molecule has 6 heteroatoms. The molecule has 0 fully saturated rings. The van der Waals surface area contributed by atoms with Crippen LogP contribution < -0.4 is 49.6 Å². The monoisotopic (exact) mass is 416 g/mol. The maximum atomic E-state index is 4.83. The quantitative estimate of drug-likeness (QED) is 0.451. The van der Waals surface area contributed by atoms with Crippen LogP contribution >= 0.6 is 0 Å². The summed E-state index contributed by atoms with van der Waals surface area (Å²) in [4.78, 5) is 0. The normalized spacial score (nSPS) is 7.18. The van der Waals surface area contributed by atoms with E-state index >= 15 is 0 Å². The van der Waals surface area contributed by atoms with E-state index in [1.165, 1.54) is 11.1 Å². The van der Waals surface area contributed by atoms with Gasteiger partial charge >= 0.3 is 21.7 Å². The third kappa shape index (κ3) is 15.2. The van der Waals surface area contributed by atoms with Crippen LogP contribution in [0.25, 0.3) is 11.1 Å². The molecule has 0 bridgehead atoms. The molecule has 0 aliphatic heterocycles. The molecule has 0 spiro atoms. The molecule has 0 atom stereocenters. The Hall–Kier alpha value is 0.274. The van der Waals surface area contributed by atoms with Crippen LogP contribution in [-0.2, 0) is 26.5 Å². The minimum Gasteiger partial charge on any atom is -1.00 e. The zero-order valence-corrected chi connectivity index (χ0v) is 17.2. The summed E-state index contributed by atoms with van der Waals surface area (Å²) in [6.45, 7) is 5.67. The summed E-state index contributed by atoms with van der Waals surface area (Å²) >= 11 is 0. The summed E-state index contributed by atoms with van der Waals surface area (Å²) in [5.74, 6) is 0. The first-order chi connectivity index (χ1) is 8.38. The summed E-state index contributed by atoms with van der Waals surface area (Å²) in [5, 5.41) is 0. The van der Waals surface area contributed by atoms with Crippen molar-refractivity contribution >= 4 is 0 Å². The van der Waals surface area contributed by atoms with Gasteiger partial charge in [0.25, 0.3) is 0 Å². The Kier molecular flexibility index (Phi) is 36.1. The van der Waals surface area contributed by atoms with Gasteiger partial charge in [0.1, 0.15) is 0 Å². The van der Waals surface area contributed by atoms with Crippen molar-refractivity contribution in [3.63, 3.8) is 0 Å². The zero-order chi connectivity index (χ0) is 12.3. The fourth-order valence-corrected chi connectivity index (χ4v) is 1.47. The Morgan fingerprint density at radius 3 is 1.05 bits per heavy atom. The molecule has 2 aromatic rings. The predicted molar refractivity (Wildman–Crippen MR) is 74.0 cm³/mol. The topological polar surface area (TPSA) is 9.23 Å². The number of rotatable bonds is 3. The summed E-state index contributed by atoms with van der Waals surface area (Å²) in [7, 11) is 0. The van der Waals surface area contributed by atoms with Crippen LogP contribution in [0.1, 0.15) is 13.8 Å². The molecular formula is C16H20Cl4OTi. The van der Waals surface area contributed by atoms with E-state index < -0.39 is 0 Å².